The molecule has 6 heteroatoms. The molecule has 0 amide bonds. The van der Waals surface area contributed by atoms with Gasteiger partial charge < -0.3 is 13.3 Å². The highest BCUT2D eigenvalue weighted by molar-refractivity contribution is 6.72. The van der Waals surface area contributed by atoms with Crippen LogP contribution in [-0.2, 0) is 13.3 Å². The molecular weight excluding hydrogens is 276 g/mol. The molecular formula is C12H31O3Si3. The Morgan fingerprint density at radius 1 is 0.667 bits per heavy atom. The van der Waals surface area contributed by atoms with Crippen LogP contribution in [-0.4, -0.2) is 30.9 Å². The van der Waals surface area contributed by atoms with Crippen molar-refractivity contribution in [3.63, 3.8) is 0 Å². The van der Waals surface area contributed by atoms with E-state index in [2.05, 4.69) is 65.8 Å². The maximum Gasteiger partial charge on any atom is 0.254 e. The lowest BCUT2D eigenvalue weighted by molar-refractivity contribution is -0.267. The van der Waals surface area contributed by atoms with Gasteiger partial charge in [0.05, 0.1) is 0 Å². The molecule has 0 aliphatic carbocycles. The fourth-order valence-electron chi connectivity index (χ4n) is 1.62. The van der Waals surface area contributed by atoms with Crippen LogP contribution in [0.3, 0.4) is 0 Å². The lowest BCUT2D eigenvalue weighted by atomic mass is 10.4. The molecule has 1 radical (unpaired) electrons. The van der Waals surface area contributed by atoms with Gasteiger partial charge in [0, 0.05) is 6.42 Å². The average molecular weight is 308 g/mol. The third-order valence-corrected chi connectivity index (χ3v) is 4.46. The van der Waals surface area contributed by atoms with Crippen molar-refractivity contribution in [3.8, 4) is 0 Å². The summed E-state index contributed by atoms with van der Waals surface area (Å²) in [6.07, 6.45) is 0.492. The van der Waals surface area contributed by atoms with Crippen LogP contribution in [0.5, 0.6) is 0 Å². The van der Waals surface area contributed by atoms with Crippen molar-refractivity contribution in [2.75, 3.05) is 0 Å². The molecule has 0 saturated carbocycles. The molecule has 0 rings (SSSR count). The van der Waals surface area contributed by atoms with Crippen LogP contribution >= 0.6 is 0 Å². The molecule has 0 N–H and O–H groups in total. The molecule has 0 bridgehead atoms. The van der Waals surface area contributed by atoms with E-state index in [9.17, 15) is 0 Å². The summed E-state index contributed by atoms with van der Waals surface area (Å²) in [5, 5.41) is 0. The van der Waals surface area contributed by atoms with E-state index in [0.717, 1.165) is 0 Å². The number of hydrogen-bond acceptors (Lipinski definition) is 3. The molecule has 0 aromatic heterocycles. The normalized spacial score (nSPS) is 15.0. The fourth-order valence-corrected chi connectivity index (χ4v) is 5.22. The van der Waals surface area contributed by atoms with Crippen molar-refractivity contribution >= 4 is 25.0 Å². The Balaban J connectivity index is 5.20. The Morgan fingerprint density at radius 2 is 0.889 bits per heavy atom. The predicted octanol–water partition coefficient (Wildman–Crippen LogP) is 4.42. The van der Waals surface area contributed by atoms with E-state index in [1.807, 2.05) is 0 Å². The summed E-state index contributed by atoms with van der Waals surface area (Å²) in [7, 11) is -5.28. The van der Waals surface area contributed by atoms with Gasteiger partial charge >= 0.3 is 0 Å². The zero-order chi connectivity index (χ0) is 14.8. The Labute approximate surface area is 117 Å². The van der Waals surface area contributed by atoms with Crippen LogP contribution in [0.15, 0.2) is 0 Å². The molecule has 18 heavy (non-hydrogen) atoms. The van der Waals surface area contributed by atoms with Gasteiger partial charge in [-0.3, -0.25) is 0 Å². The molecule has 0 atom stereocenters. The first-order valence-electron chi connectivity index (χ1n) is 6.58. The van der Waals surface area contributed by atoms with Crippen LogP contribution in [0.1, 0.15) is 6.42 Å². The first-order chi connectivity index (χ1) is 7.68. The molecule has 109 valence electrons. The van der Waals surface area contributed by atoms with E-state index >= 15 is 0 Å². The predicted molar refractivity (Wildman–Crippen MR) is 86.0 cm³/mol. The van der Waals surface area contributed by atoms with E-state index in [0.29, 0.717) is 6.42 Å². The first-order valence-corrected chi connectivity index (χ1v) is 16.8. The van der Waals surface area contributed by atoms with E-state index in [4.69, 9.17) is 13.3 Å². The van der Waals surface area contributed by atoms with E-state index in [-0.39, 0.29) is 0 Å². The van der Waals surface area contributed by atoms with Crippen molar-refractivity contribution in [1.82, 2.24) is 0 Å². The maximum atomic E-state index is 6.23. The van der Waals surface area contributed by atoms with Crippen LogP contribution in [0.25, 0.3) is 0 Å². The highest BCUT2D eigenvalue weighted by Crippen LogP contribution is 2.31. The highest BCUT2D eigenvalue weighted by Gasteiger charge is 2.43. The van der Waals surface area contributed by atoms with Gasteiger partial charge in [0.25, 0.3) is 5.97 Å². The van der Waals surface area contributed by atoms with E-state index < -0.39 is 30.9 Å². The molecule has 0 spiro atoms. The third-order valence-electron chi connectivity index (χ3n) is 1.69. The monoisotopic (exact) mass is 307 g/mol. The first kappa shape index (κ1) is 18.5. The minimum atomic E-state index is -1.76. The minimum absolute atomic E-state index is 0.492. The van der Waals surface area contributed by atoms with Crippen molar-refractivity contribution < 1.29 is 13.3 Å². The second-order valence-corrected chi connectivity index (χ2v) is 20.9. The summed E-state index contributed by atoms with van der Waals surface area (Å²) >= 11 is 0. The maximum absolute atomic E-state index is 6.23. The van der Waals surface area contributed by atoms with Gasteiger partial charge in [-0.05, 0) is 65.8 Å². The quantitative estimate of drug-likeness (QED) is 0.515. The van der Waals surface area contributed by atoms with Crippen molar-refractivity contribution in [1.29, 1.82) is 0 Å². The number of rotatable bonds is 7. The topological polar surface area (TPSA) is 27.7 Å². The fraction of sp³-hybridized carbons (Fsp3) is 0.917. The molecule has 0 unspecified atom stereocenters. The average Bonchev–Trinajstić information content (AvgIpc) is 1.93. The van der Waals surface area contributed by atoms with Crippen molar-refractivity contribution in [3.05, 3.63) is 6.92 Å². The lowest BCUT2D eigenvalue weighted by Gasteiger charge is -2.44. The summed E-state index contributed by atoms with van der Waals surface area (Å²) in [6.45, 7) is 23.4. The van der Waals surface area contributed by atoms with Gasteiger partial charge in [-0.25, -0.2) is 0 Å². The zero-order valence-corrected chi connectivity index (χ0v) is 16.6. The van der Waals surface area contributed by atoms with Crippen LogP contribution in [0.4, 0.5) is 0 Å². The summed E-state index contributed by atoms with van der Waals surface area (Å²) in [4.78, 5) is 0. The van der Waals surface area contributed by atoms with Gasteiger partial charge in [-0.1, -0.05) is 0 Å². The summed E-state index contributed by atoms with van der Waals surface area (Å²) in [5.74, 6) is -0.931. The van der Waals surface area contributed by atoms with Crippen molar-refractivity contribution in [2.45, 2.75) is 71.3 Å². The van der Waals surface area contributed by atoms with E-state index in [1.54, 1.807) is 0 Å². The SMILES string of the molecule is [CH2]CC(O[Si](C)(C)C)(O[Si](C)(C)C)O[Si](C)(C)C. The van der Waals surface area contributed by atoms with Crippen LogP contribution in [0, 0.1) is 6.92 Å². The molecule has 0 fully saturated rings. The van der Waals surface area contributed by atoms with Gasteiger partial charge in [-0.2, -0.15) is 0 Å². The van der Waals surface area contributed by atoms with Gasteiger partial charge in [0.2, 0.25) is 0 Å². The Morgan fingerprint density at radius 3 is 1.00 bits per heavy atom. The third kappa shape index (κ3) is 8.60. The second kappa shape index (κ2) is 5.89. The largest absolute Gasteiger partial charge is 0.371 e. The highest BCUT2D eigenvalue weighted by atomic mass is 28.4. The van der Waals surface area contributed by atoms with Crippen LogP contribution < -0.4 is 0 Å². The second-order valence-electron chi connectivity index (χ2n) is 7.58. The Hall–Kier alpha value is 0.531. The summed E-state index contributed by atoms with van der Waals surface area (Å²) in [6, 6.07) is 0. The molecule has 0 saturated heterocycles. The van der Waals surface area contributed by atoms with Crippen molar-refractivity contribution in [2.24, 2.45) is 0 Å². The lowest BCUT2D eigenvalue weighted by Crippen LogP contribution is -2.55. The van der Waals surface area contributed by atoms with Gasteiger partial charge in [0.1, 0.15) is 0 Å². The Bertz CT molecular complexity index is 220. The molecule has 0 heterocycles. The van der Waals surface area contributed by atoms with E-state index in [1.165, 1.54) is 0 Å². The molecule has 0 aromatic rings. The summed E-state index contributed by atoms with van der Waals surface area (Å²) < 4.78 is 18.7. The molecule has 0 aliphatic rings. The zero-order valence-electron chi connectivity index (χ0n) is 13.6. The molecule has 0 aromatic carbocycles. The van der Waals surface area contributed by atoms with Gasteiger partial charge in [0.15, 0.2) is 25.0 Å². The molecule has 3 nitrogen and oxygen atoms in total. The standard InChI is InChI=1S/C12H31O3Si3/c1-11-12(13-16(2,3)4,14-17(5,6)7)15-18(8,9)10/h1,11H2,2-10H3. The minimum Gasteiger partial charge on any atom is -0.371 e. The summed E-state index contributed by atoms with van der Waals surface area (Å²) in [5.41, 5.74) is 0. The smallest absolute Gasteiger partial charge is 0.254 e. The van der Waals surface area contributed by atoms with Gasteiger partial charge in [-0.15, -0.1) is 0 Å². The van der Waals surface area contributed by atoms with Crippen LogP contribution in [0.2, 0.25) is 58.9 Å². The number of hydrogen-bond donors (Lipinski definition) is 0. The molecule has 0 aliphatic heterocycles. The Kier molecular flexibility index (Phi) is 6.06.